The molecule has 104 valence electrons. The predicted octanol–water partition coefficient (Wildman–Crippen LogP) is 2.36. The van der Waals surface area contributed by atoms with Crippen LogP contribution in [0, 0.1) is 36.5 Å². The first-order chi connectivity index (χ1) is 10.1. The van der Waals surface area contributed by atoms with Crippen LogP contribution in [-0.2, 0) is 6.54 Å². The minimum absolute atomic E-state index is 0.209. The summed E-state index contributed by atoms with van der Waals surface area (Å²) in [6.45, 7) is 4.63. The Morgan fingerprint density at radius 3 is 2.67 bits per heavy atom. The Labute approximate surface area is 122 Å². The number of anilines is 1. The van der Waals surface area contributed by atoms with Crippen molar-refractivity contribution in [1.82, 2.24) is 9.78 Å². The molecule has 0 unspecified atom stereocenters. The van der Waals surface area contributed by atoms with Gasteiger partial charge in [0.25, 0.3) is 0 Å². The van der Waals surface area contributed by atoms with Crippen molar-refractivity contribution in [2.45, 2.75) is 20.4 Å². The number of nitrogens with zero attached hydrogens (tertiary/aromatic N) is 5. The second-order valence-corrected chi connectivity index (χ2v) is 4.58. The van der Waals surface area contributed by atoms with E-state index < -0.39 is 0 Å². The van der Waals surface area contributed by atoms with Crippen LogP contribution in [0.15, 0.2) is 35.4 Å². The van der Waals surface area contributed by atoms with Gasteiger partial charge in [-0.05, 0) is 37.6 Å². The summed E-state index contributed by atoms with van der Waals surface area (Å²) in [4.78, 5) is 0. The van der Waals surface area contributed by atoms with Crippen LogP contribution in [0.1, 0.15) is 17.0 Å². The van der Waals surface area contributed by atoms with E-state index in [2.05, 4.69) is 15.6 Å². The van der Waals surface area contributed by atoms with Crippen LogP contribution in [0.25, 0.3) is 0 Å². The number of rotatable bonds is 4. The summed E-state index contributed by atoms with van der Waals surface area (Å²) in [6, 6.07) is 13.0. The summed E-state index contributed by atoms with van der Waals surface area (Å²) >= 11 is 0. The van der Waals surface area contributed by atoms with Gasteiger partial charge in [0, 0.05) is 5.69 Å². The second kappa shape index (κ2) is 6.36. The molecule has 0 saturated heterocycles. The van der Waals surface area contributed by atoms with Crippen molar-refractivity contribution in [2.24, 2.45) is 5.10 Å². The fraction of sp³-hybridized carbons (Fsp3) is 0.200. The fourth-order valence-corrected chi connectivity index (χ4v) is 1.94. The highest BCUT2D eigenvalue weighted by molar-refractivity contribution is 6.10. The molecule has 21 heavy (non-hydrogen) atoms. The summed E-state index contributed by atoms with van der Waals surface area (Å²) in [6.07, 6.45) is 0. The van der Waals surface area contributed by atoms with Gasteiger partial charge in [-0.25, -0.2) is 0 Å². The van der Waals surface area contributed by atoms with Crippen LogP contribution < -0.4 is 5.43 Å². The van der Waals surface area contributed by atoms with E-state index in [1.807, 2.05) is 48.9 Å². The molecule has 1 heterocycles. The molecule has 0 spiro atoms. The molecule has 6 heteroatoms. The third-order valence-electron chi connectivity index (χ3n) is 2.87. The van der Waals surface area contributed by atoms with Crippen LogP contribution in [0.3, 0.4) is 0 Å². The smallest absolute Gasteiger partial charge is 0.237 e. The molecule has 6 nitrogen and oxygen atoms in total. The average Bonchev–Trinajstić information content (AvgIpc) is 2.78. The number of aromatic nitrogens is 2. The van der Waals surface area contributed by atoms with Gasteiger partial charge in [-0.1, -0.05) is 12.1 Å². The summed E-state index contributed by atoms with van der Waals surface area (Å²) in [5.41, 5.74) is 6.35. The van der Waals surface area contributed by atoms with Gasteiger partial charge >= 0.3 is 0 Å². The highest BCUT2D eigenvalue weighted by Gasteiger charge is 2.03. The lowest BCUT2D eigenvalue weighted by atomic mass is 10.2. The van der Waals surface area contributed by atoms with E-state index in [-0.39, 0.29) is 5.71 Å². The number of hydrogen-bond acceptors (Lipinski definition) is 5. The lowest BCUT2D eigenvalue weighted by Gasteiger charge is -2.07. The van der Waals surface area contributed by atoms with E-state index >= 15 is 0 Å². The molecule has 1 aromatic carbocycles. The van der Waals surface area contributed by atoms with Crippen LogP contribution in [0.5, 0.6) is 0 Å². The molecule has 0 bridgehead atoms. The number of benzene rings is 1. The number of hydrogen-bond donors (Lipinski definition) is 1. The van der Waals surface area contributed by atoms with Gasteiger partial charge in [-0.15, -0.1) is 0 Å². The third kappa shape index (κ3) is 3.68. The maximum atomic E-state index is 8.63. The van der Waals surface area contributed by atoms with Crippen molar-refractivity contribution in [3.63, 3.8) is 0 Å². The van der Waals surface area contributed by atoms with Gasteiger partial charge in [0.15, 0.2) is 0 Å². The van der Waals surface area contributed by atoms with Gasteiger partial charge < -0.3 is 0 Å². The Hall–Kier alpha value is -3.12. The summed E-state index contributed by atoms with van der Waals surface area (Å²) in [5.74, 6) is 0. The maximum absolute atomic E-state index is 8.63. The van der Waals surface area contributed by atoms with E-state index in [1.165, 1.54) is 0 Å². The Bertz CT molecular complexity index is 741. The van der Waals surface area contributed by atoms with Crippen molar-refractivity contribution in [3.05, 3.63) is 47.3 Å². The SMILES string of the molecule is Cc1cc(C)n(Cc2cccc(NN=C(C#N)C#N)c2)n1. The largest absolute Gasteiger partial charge is 0.277 e. The highest BCUT2D eigenvalue weighted by atomic mass is 15.3. The summed E-state index contributed by atoms with van der Waals surface area (Å²) in [5, 5.41) is 25.4. The van der Waals surface area contributed by atoms with Crippen LogP contribution in [0.4, 0.5) is 5.69 Å². The van der Waals surface area contributed by atoms with Gasteiger partial charge in [0.2, 0.25) is 5.71 Å². The minimum atomic E-state index is -0.209. The molecule has 1 aromatic heterocycles. The maximum Gasteiger partial charge on any atom is 0.237 e. The van der Waals surface area contributed by atoms with Gasteiger partial charge in [0.05, 0.1) is 17.9 Å². The van der Waals surface area contributed by atoms with E-state index in [0.717, 1.165) is 22.6 Å². The summed E-state index contributed by atoms with van der Waals surface area (Å²) < 4.78 is 1.92. The highest BCUT2D eigenvalue weighted by Crippen LogP contribution is 2.13. The normalized spacial score (nSPS) is 9.52. The molecule has 0 radical (unpaired) electrons. The van der Waals surface area contributed by atoms with Crippen LogP contribution in [0.2, 0.25) is 0 Å². The van der Waals surface area contributed by atoms with Crippen molar-refractivity contribution in [2.75, 3.05) is 5.43 Å². The molecule has 0 fully saturated rings. The first-order valence-electron chi connectivity index (χ1n) is 6.36. The molecule has 0 amide bonds. The Morgan fingerprint density at radius 2 is 2.05 bits per heavy atom. The lowest BCUT2D eigenvalue weighted by Crippen LogP contribution is -2.04. The third-order valence-corrected chi connectivity index (χ3v) is 2.87. The fourth-order valence-electron chi connectivity index (χ4n) is 1.94. The zero-order valence-electron chi connectivity index (χ0n) is 11.8. The molecule has 0 atom stereocenters. The van der Waals surface area contributed by atoms with Crippen molar-refractivity contribution >= 4 is 11.4 Å². The lowest BCUT2D eigenvalue weighted by molar-refractivity contribution is 0.659. The monoisotopic (exact) mass is 278 g/mol. The van der Waals surface area contributed by atoms with E-state index in [4.69, 9.17) is 10.5 Å². The topological polar surface area (TPSA) is 89.8 Å². The van der Waals surface area contributed by atoms with Crippen molar-refractivity contribution in [3.8, 4) is 12.1 Å². The first kappa shape index (κ1) is 14.3. The molecular formula is C15H14N6. The number of aryl methyl sites for hydroxylation is 2. The Morgan fingerprint density at radius 1 is 1.29 bits per heavy atom. The van der Waals surface area contributed by atoms with Gasteiger partial charge in [-0.2, -0.15) is 20.7 Å². The number of hydrazone groups is 1. The Balaban J connectivity index is 2.15. The number of nitriles is 2. The van der Waals surface area contributed by atoms with Gasteiger partial charge in [-0.3, -0.25) is 10.1 Å². The second-order valence-electron chi connectivity index (χ2n) is 4.58. The van der Waals surface area contributed by atoms with Crippen molar-refractivity contribution < 1.29 is 0 Å². The molecule has 2 aromatic rings. The van der Waals surface area contributed by atoms with Crippen LogP contribution in [-0.4, -0.2) is 15.5 Å². The molecule has 1 N–H and O–H groups in total. The van der Waals surface area contributed by atoms with E-state index in [9.17, 15) is 0 Å². The quantitative estimate of drug-likeness (QED) is 0.686. The molecule has 0 aliphatic rings. The average molecular weight is 278 g/mol. The van der Waals surface area contributed by atoms with Crippen molar-refractivity contribution in [1.29, 1.82) is 10.5 Å². The molecule has 2 rings (SSSR count). The molecule has 0 saturated carbocycles. The summed E-state index contributed by atoms with van der Waals surface area (Å²) in [7, 11) is 0. The zero-order chi connectivity index (χ0) is 15.2. The Kier molecular flexibility index (Phi) is 4.33. The van der Waals surface area contributed by atoms with Crippen LogP contribution >= 0.6 is 0 Å². The standard InChI is InChI=1S/C15H14N6/c1-11-6-12(2)21(20-11)10-13-4-3-5-14(7-13)18-19-15(8-16)9-17/h3-7,18H,10H2,1-2H3. The molecule has 0 aliphatic heterocycles. The van der Waals surface area contributed by atoms with Gasteiger partial charge in [0.1, 0.15) is 12.1 Å². The number of nitrogens with one attached hydrogen (secondary N) is 1. The van der Waals surface area contributed by atoms with E-state index in [1.54, 1.807) is 12.1 Å². The predicted molar refractivity (Wildman–Crippen MR) is 79.5 cm³/mol. The minimum Gasteiger partial charge on any atom is -0.277 e. The first-order valence-corrected chi connectivity index (χ1v) is 6.36. The molecular weight excluding hydrogens is 264 g/mol. The molecule has 0 aliphatic carbocycles. The van der Waals surface area contributed by atoms with E-state index in [0.29, 0.717) is 6.54 Å². The zero-order valence-corrected chi connectivity index (χ0v) is 11.8.